The van der Waals surface area contributed by atoms with E-state index in [9.17, 15) is 27.9 Å². The first-order valence-electron chi connectivity index (χ1n) is 15.7. The summed E-state index contributed by atoms with van der Waals surface area (Å²) in [4.78, 5) is 30.5. The fourth-order valence-electron chi connectivity index (χ4n) is 5.70. The lowest BCUT2D eigenvalue weighted by Crippen LogP contribution is -2.49. The lowest BCUT2D eigenvalue weighted by atomic mass is 9.98. The Kier molecular flexibility index (Phi) is 10.7. The molecule has 4 aromatic carbocycles. The number of carbonyl (C=O) groups excluding carboxylic acids is 2. The molecule has 3 N–H and O–H groups in total. The molecule has 0 saturated carbocycles. The van der Waals surface area contributed by atoms with Gasteiger partial charge < -0.3 is 25.4 Å². The first-order chi connectivity index (χ1) is 22.9. The Morgan fingerprint density at radius 1 is 0.958 bits per heavy atom. The summed E-state index contributed by atoms with van der Waals surface area (Å²) in [6.07, 6.45) is -4.92. The van der Waals surface area contributed by atoms with Crippen LogP contribution in [0, 0.1) is 5.92 Å². The molecule has 0 saturated heterocycles. The highest BCUT2D eigenvalue weighted by atomic mass is 19.4. The van der Waals surface area contributed by atoms with Crippen LogP contribution in [0.3, 0.4) is 0 Å². The second kappa shape index (κ2) is 14.9. The van der Waals surface area contributed by atoms with Gasteiger partial charge in [0.2, 0.25) is 0 Å². The molecule has 48 heavy (non-hydrogen) atoms. The van der Waals surface area contributed by atoms with Crippen molar-refractivity contribution < 1.29 is 32.6 Å². The minimum Gasteiger partial charge on any atom is -0.486 e. The van der Waals surface area contributed by atoms with Crippen LogP contribution in [0.5, 0.6) is 5.75 Å². The summed E-state index contributed by atoms with van der Waals surface area (Å²) < 4.78 is 45.5. The number of para-hydroxylation sites is 1. The van der Waals surface area contributed by atoms with Crippen LogP contribution in [-0.4, -0.2) is 65.7 Å². The summed E-state index contributed by atoms with van der Waals surface area (Å²) in [6.45, 7) is 4.99. The van der Waals surface area contributed by atoms with Gasteiger partial charge in [-0.05, 0) is 67.1 Å². The molecular weight excluding hydrogens is 621 g/mol. The van der Waals surface area contributed by atoms with Crippen LogP contribution in [0.15, 0.2) is 97.1 Å². The molecule has 0 aliphatic carbocycles. The number of aliphatic hydroxyl groups is 1. The Bertz CT molecular complexity index is 1700. The Labute approximate surface area is 278 Å². The van der Waals surface area contributed by atoms with Crippen molar-refractivity contribution in [2.24, 2.45) is 5.92 Å². The zero-order valence-electron chi connectivity index (χ0n) is 27.0. The first kappa shape index (κ1) is 34.5. The number of aliphatic hydroxyl groups excluding tert-OH is 1. The minimum absolute atomic E-state index is 0.157. The van der Waals surface area contributed by atoms with Crippen molar-refractivity contribution in [3.8, 4) is 16.9 Å². The van der Waals surface area contributed by atoms with Crippen LogP contribution in [0.25, 0.3) is 11.1 Å². The fraction of sp³-hybridized carbons (Fsp3) is 0.297. The highest BCUT2D eigenvalue weighted by molar-refractivity contribution is 6.04. The van der Waals surface area contributed by atoms with Gasteiger partial charge >= 0.3 is 12.2 Å². The molecule has 0 radical (unpaired) electrons. The van der Waals surface area contributed by atoms with Crippen LogP contribution < -0.4 is 15.4 Å². The largest absolute Gasteiger partial charge is 0.486 e. The van der Waals surface area contributed by atoms with Crippen molar-refractivity contribution in [1.82, 2.24) is 9.80 Å². The second-order valence-electron chi connectivity index (χ2n) is 12.2. The molecule has 4 aromatic rings. The molecule has 252 valence electrons. The molecule has 1 aliphatic heterocycles. The van der Waals surface area contributed by atoms with Gasteiger partial charge in [-0.3, -0.25) is 9.69 Å². The molecule has 0 fully saturated rings. The molecule has 0 aromatic heterocycles. The Morgan fingerprint density at radius 2 is 1.62 bits per heavy atom. The average molecular weight is 661 g/mol. The van der Waals surface area contributed by atoms with Crippen molar-refractivity contribution in [3.05, 3.63) is 114 Å². The van der Waals surface area contributed by atoms with Gasteiger partial charge in [0.15, 0.2) is 5.75 Å². The van der Waals surface area contributed by atoms with Gasteiger partial charge in [-0.1, -0.05) is 67.6 Å². The molecular formula is C37H39F3N4O4. The van der Waals surface area contributed by atoms with Crippen LogP contribution in [0.4, 0.5) is 29.3 Å². The summed E-state index contributed by atoms with van der Waals surface area (Å²) >= 11 is 0. The molecule has 11 heteroatoms. The number of carbonyl (C=O) groups is 2. The van der Waals surface area contributed by atoms with Crippen LogP contribution in [0.2, 0.25) is 0 Å². The Balaban J connectivity index is 1.36. The monoisotopic (exact) mass is 660 g/mol. The number of amides is 3. The van der Waals surface area contributed by atoms with Crippen LogP contribution in [-0.2, 0) is 12.7 Å². The molecule has 8 nitrogen and oxygen atoms in total. The van der Waals surface area contributed by atoms with E-state index in [-0.39, 0.29) is 41.1 Å². The van der Waals surface area contributed by atoms with E-state index >= 15 is 0 Å². The maximum atomic E-state index is 13.8. The highest BCUT2D eigenvalue weighted by Gasteiger charge is 2.35. The maximum absolute atomic E-state index is 13.8. The molecule has 1 heterocycles. The number of hydrogen-bond donors (Lipinski definition) is 3. The van der Waals surface area contributed by atoms with E-state index in [2.05, 4.69) is 51.9 Å². The van der Waals surface area contributed by atoms with E-state index in [1.165, 1.54) is 0 Å². The van der Waals surface area contributed by atoms with Gasteiger partial charge in [0.25, 0.3) is 5.91 Å². The standard InChI is InChI=1S/C37H39F3N4O4/c1-24-20-44(25(2)23-45)35(46)31-10-7-11-32(42-36(47)41-30-18-16-29(17-19-30)37(38,39)40)34(31)48-33(24)22-43(3)21-26-12-14-28(15-13-26)27-8-5-4-6-9-27/h4-19,24-25,33,45H,20-23H2,1-3H3,(H2,41,42,47)/t24-,25+,33-/m1/s1. The van der Waals surface area contributed by atoms with E-state index in [0.717, 1.165) is 41.0 Å². The van der Waals surface area contributed by atoms with Gasteiger partial charge in [0.1, 0.15) is 6.10 Å². The van der Waals surface area contributed by atoms with Gasteiger partial charge in [-0.15, -0.1) is 0 Å². The number of benzene rings is 4. The summed E-state index contributed by atoms with van der Waals surface area (Å²) in [7, 11) is 1.99. The summed E-state index contributed by atoms with van der Waals surface area (Å²) in [5.74, 6) is -0.332. The quantitative estimate of drug-likeness (QED) is 0.174. The molecule has 0 unspecified atom stereocenters. The third kappa shape index (κ3) is 8.34. The van der Waals surface area contributed by atoms with Gasteiger partial charge in [0, 0.05) is 31.2 Å². The average Bonchev–Trinajstić information content (AvgIpc) is 3.07. The molecule has 0 spiro atoms. The Hall–Kier alpha value is -4.87. The van der Waals surface area contributed by atoms with Crippen molar-refractivity contribution >= 4 is 23.3 Å². The van der Waals surface area contributed by atoms with Crippen molar-refractivity contribution in [2.75, 3.05) is 37.4 Å². The highest BCUT2D eigenvalue weighted by Crippen LogP contribution is 2.35. The fourth-order valence-corrected chi connectivity index (χ4v) is 5.70. The summed E-state index contributed by atoms with van der Waals surface area (Å²) in [5.41, 5.74) is 3.15. The number of halogens is 3. The third-order valence-electron chi connectivity index (χ3n) is 8.41. The molecule has 3 amide bonds. The number of alkyl halides is 3. The smallest absolute Gasteiger partial charge is 0.416 e. The number of nitrogens with one attached hydrogen (secondary N) is 2. The van der Waals surface area contributed by atoms with Gasteiger partial charge in [0.05, 0.1) is 29.5 Å². The van der Waals surface area contributed by atoms with Crippen molar-refractivity contribution in [3.63, 3.8) is 0 Å². The predicted molar refractivity (Wildman–Crippen MR) is 180 cm³/mol. The number of hydrogen-bond acceptors (Lipinski definition) is 5. The van der Waals surface area contributed by atoms with Crippen molar-refractivity contribution in [2.45, 2.75) is 38.7 Å². The summed E-state index contributed by atoms with van der Waals surface area (Å²) in [5, 5.41) is 15.2. The number of fused-ring (bicyclic) bond motifs is 1. The topological polar surface area (TPSA) is 94.1 Å². The number of urea groups is 1. The van der Waals surface area contributed by atoms with Gasteiger partial charge in [-0.25, -0.2) is 4.79 Å². The zero-order chi connectivity index (χ0) is 34.4. The first-order valence-corrected chi connectivity index (χ1v) is 15.7. The molecule has 3 atom stereocenters. The minimum atomic E-state index is -4.50. The summed E-state index contributed by atoms with van der Waals surface area (Å²) in [6, 6.07) is 26.2. The lowest BCUT2D eigenvalue weighted by Gasteiger charge is -2.38. The van der Waals surface area contributed by atoms with E-state index in [1.54, 1.807) is 30.0 Å². The normalized spacial score (nSPS) is 17.2. The number of anilines is 2. The van der Waals surface area contributed by atoms with Crippen molar-refractivity contribution in [1.29, 1.82) is 0 Å². The SMILES string of the molecule is C[C@@H]1CN([C@@H](C)CO)C(=O)c2cccc(NC(=O)Nc3ccc(C(F)(F)F)cc3)c2O[C@@H]1CN(C)Cc1ccc(-c2ccccc2)cc1. The maximum Gasteiger partial charge on any atom is 0.416 e. The Morgan fingerprint density at radius 3 is 2.27 bits per heavy atom. The van der Waals surface area contributed by atoms with E-state index in [1.807, 2.05) is 32.2 Å². The second-order valence-corrected chi connectivity index (χ2v) is 12.2. The van der Waals surface area contributed by atoms with E-state index < -0.39 is 29.9 Å². The zero-order valence-corrected chi connectivity index (χ0v) is 27.0. The molecule has 1 aliphatic rings. The lowest BCUT2D eigenvalue weighted by molar-refractivity contribution is -0.137. The number of likely N-dealkylation sites (N-methyl/N-ethyl adjacent to an activating group) is 1. The number of ether oxygens (including phenoxy) is 1. The van der Waals surface area contributed by atoms with Crippen LogP contribution >= 0.6 is 0 Å². The number of nitrogens with zero attached hydrogens (tertiary/aromatic N) is 2. The predicted octanol–water partition coefficient (Wildman–Crippen LogP) is 7.37. The number of rotatable bonds is 9. The molecule has 0 bridgehead atoms. The van der Waals surface area contributed by atoms with Crippen LogP contribution in [0.1, 0.15) is 35.3 Å². The third-order valence-corrected chi connectivity index (χ3v) is 8.41. The van der Waals surface area contributed by atoms with E-state index in [4.69, 9.17) is 4.74 Å². The molecule has 5 rings (SSSR count). The van der Waals surface area contributed by atoms with E-state index in [0.29, 0.717) is 19.6 Å². The van der Waals surface area contributed by atoms with Gasteiger partial charge in [-0.2, -0.15) is 13.2 Å².